The zero-order chi connectivity index (χ0) is 19.5. The molecule has 3 rings (SSSR count). The van der Waals surface area contributed by atoms with Crippen molar-refractivity contribution in [2.75, 3.05) is 0 Å². The van der Waals surface area contributed by atoms with E-state index in [1.807, 2.05) is 13.8 Å². The number of aliphatic hydroxyl groups is 3. The van der Waals surface area contributed by atoms with Gasteiger partial charge in [0.25, 0.3) is 0 Å². The monoisotopic (exact) mass is 376 g/mol. The van der Waals surface area contributed by atoms with Crippen LogP contribution >= 0.6 is 0 Å². The van der Waals surface area contributed by atoms with Crippen molar-refractivity contribution in [3.63, 3.8) is 0 Å². The van der Waals surface area contributed by atoms with Gasteiger partial charge in [-0.25, -0.2) is 0 Å². The van der Waals surface area contributed by atoms with E-state index in [0.29, 0.717) is 11.8 Å². The van der Waals surface area contributed by atoms with Crippen LogP contribution < -0.4 is 0 Å². The molecule has 0 aliphatic heterocycles. The number of allylic oxidation sites excluding steroid dienone is 3. The van der Waals surface area contributed by atoms with Crippen molar-refractivity contribution in [1.82, 2.24) is 0 Å². The molecule has 3 aliphatic rings. The van der Waals surface area contributed by atoms with Gasteiger partial charge in [0, 0.05) is 0 Å². The first-order chi connectivity index (χ1) is 12.7. The van der Waals surface area contributed by atoms with E-state index in [-0.39, 0.29) is 12.2 Å². The van der Waals surface area contributed by atoms with Gasteiger partial charge >= 0.3 is 0 Å². The van der Waals surface area contributed by atoms with Gasteiger partial charge in [-0.3, -0.25) is 0 Å². The van der Waals surface area contributed by atoms with Gasteiger partial charge in [-0.1, -0.05) is 36.1 Å². The lowest BCUT2D eigenvalue weighted by Gasteiger charge is -2.35. The molecule has 0 bridgehead atoms. The summed E-state index contributed by atoms with van der Waals surface area (Å²) in [5, 5.41) is 29.7. The Balaban J connectivity index is 1.53. The first-order valence-electron chi connectivity index (χ1n) is 11.2. The minimum atomic E-state index is -0.523. The molecule has 0 aromatic rings. The molecule has 27 heavy (non-hydrogen) atoms. The summed E-state index contributed by atoms with van der Waals surface area (Å²) < 4.78 is 0. The Morgan fingerprint density at radius 1 is 1.07 bits per heavy atom. The molecule has 3 heteroatoms. The molecule has 3 N–H and O–H groups in total. The second-order valence-corrected chi connectivity index (χ2v) is 10.4. The van der Waals surface area contributed by atoms with Gasteiger partial charge in [-0.2, -0.15) is 0 Å². The molecule has 4 atom stereocenters. The van der Waals surface area contributed by atoms with Crippen LogP contribution in [0, 0.1) is 11.3 Å². The van der Waals surface area contributed by atoms with E-state index in [4.69, 9.17) is 0 Å². The summed E-state index contributed by atoms with van der Waals surface area (Å²) in [7, 11) is 0. The first kappa shape index (κ1) is 21.1. The van der Waals surface area contributed by atoms with Crippen LogP contribution in [0.1, 0.15) is 97.3 Å². The Kier molecular flexibility index (Phi) is 6.87. The van der Waals surface area contributed by atoms with Crippen molar-refractivity contribution in [3.05, 3.63) is 23.3 Å². The predicted molar refractivity (Wildman–Crippen MR) is 110 cm³/mol. The van der Waals surface area contributed by atoms with E-state index >= 15 is 0 Å². The lowest BCUT2D eigenvalue weighted by atomic mass is 9.70. The summed E-state index contributed by atoms with van der Waals surface area (Å²) in [4.78, 5) is 0. The second kappa shape index (κ2) is 8.80. The maximum absolute atomic E-state index is 9.92. The van der Waals surface area contributed by atoms with Crippen LogP contribution in [0.3, 0.4) is 0 Å². The minimum Gasteiger partial charge on any atom is -0.393 e. The van der Waals surface area contributed by atoms with Gasteiger partial charge in [-0.15, -0.1) is 0 Å². The van der Waals surface area contributed by atoms with Crippen LogP contribution in [0.2, 0.25) is 0 Å². The summed E-state index contributed by atoms with van der Waals surface area (Å²) in [6, 6.07) is 0. The number of hydrogen-bond acceptors (Lipinski definition) is 3. The molecule has 3 aliphatic carbocycles. The molecule has 0 heterocycles. The van der Waals surface area contributed by atoms with Crippen LogP contribution in [-0.2, 0) is 0 Å². The highest BCUT2D eigenvalue weighted by Crippen LogP contribution is 2.53. The SMILES string of the molecule is CC(C)(O)CCC[C@@H]1CC[C@]2(CCC/C(=C/C=C3C[C@@H](O)C[C@H](O)C3)C2)C1. The highest BCUT2D eigenvalue weighted by atomic mass is 16.3. The molecule has 0 saturated heterocycles. The molecule has 0 aromatic carbocycles. The van der Waals surface area contributed by atoms with E-state index < -0.39 is 5.60 Å². The van der Waals surface area contributed by atoms with Crippen LogP contribution in [0.4, 0.5) is 0 Å². The molecule has 0 aromatic heterocycles. The van der Waals surface area contributed by atoms with Crippen molar-refractivity contribution in [2.45, 2.75) is 115 Å². The average molecular weight is 377 g/mol. The van der Waals surface area contributed by atoms with Crippen LogP contribution in [0.25, 0.3) is 0 Å². The molecule has 3 saturated carbocycles. The highest BCUT2D eigenvalue weighted by molar-refractivity contribution is 5.22. The molecule has 3 fully saturated rings. The van der Waals surface area contributed by atoms with Crippen LogP contribution in [0.5, 0.6) is 0 Å². The molecule has 0 unspecified atom stereocenters. The third kappa shape index (κ3) is 6.44. The lowest BCUT2D eigenvalue weighted by molar-refractivity contribution is 0.0608. The Hall–Kier alpha value is -0.640. The van der Waals surface area contributed by atoms with E-state index in [9.17, 15) is 15.3 Å². The van der Waals surface area contributed by atoms with Crippen molar-refractivity contribution in [2.24, 2.45) is 11.3 Å². The van der Waals surface area contributed by atoms with Crippen molar-refractivity contribution in [3.8, 4) is 0 Å². The first-order valence-corrected chi connectivity index (χ1v) is 11.2. The molecular weight excluding hydrogens is 336 g/mol. The predicted octanol–water partition coefficient (Wildman–Crippen LogP) is 5.05. The van der Waals surface area contributed by atoms with Crippen molar-refractivity contribution in [1.29, 1.82) is 0 Å². The fourth-order valence-electron chi connectivity index (χ4n) is 5.82. The summed E-state index contributed by atoms with van der Waals surface area (Å²) >= 11 is 0. The van der Waals surface area contributed by atoms with Crippen LogP contribution in [-0.4, -0.2) is 33.1 Å². The fourth-order valence-corrected chi connectivity index (χ4v) is 5.82. The Morgan fingerprint density at radius 2 is 1.78 bits per heavy atom. The summed E-state index contributed by atoms with van der Waals surface area (Å²) in [6.07, 6.45) is 18.2. The van der Waals surface area contributed by atoms with Gasteiger partial charge in [0.15, 0.2) is 0 Å². The topological polar surface area (TPSA) is 60.7 Å². The maximum atomic E-state index is 9.92. The highest BCUT2D eigenvalue weighted by Gasteiger charge is 2.40. The van der Waals surface area contributed by atoms with Gasteiger partial charge < -0.3 is 15.3 Å². The van der Waals surface area contributed by atoms with Crippen LogP contribution in [0.15, 0.2) is 23.3 Å². The summed E-state index contributed by atoms with van der Waals surface area (Å²) in [6.45, 7) is 3.83. The molecule has 0 radical (unpaired) electrons. The van der Waals surface area contributed by atoms with Gasteiger partial charge in [0.05, 0.1) is 17.8 Å². The quantitative estimate of drug-likeness (QED) is 0.629. The van der Waals surface area contributed by atoms with Crippen molar-refractivity contribution >= 4 is 0 Å². The lowest BCUT2D eigenvalue weighted by Crippen LogP contribution is -2.24. The number of aliphatic hydroxyl groups excluding tert-OH is 2. The molecular formula is C24H40O3. The van der Waals surface area contributed by atoms with Crippen molar-refractivity contribution < 1.29 is 15.3 Å². The zero-order valence-electron chi connectivity index (χ0n) is 17.4. The van der Waals surface area contributed by atoms with E-state index in [0.717, 1.165) is 31.6 Å². The minimum absolute atomic E-state index is 0.379. The third-order valence-electron chi connectivity index (χ3n) is 7.11. The Labute approximate surface area is 165 Å². The normalized spacial score (nSPS) is 36.6. The third-order valence-corrected chi connectivity index (χ3v) is 7.11. The zero-order valence-corrected chi connectivity index (χ0v) is 17.4. The maximum Gasteiger partial charge on any atom is 0.0602 e. The second-order valence-electron chi connectivity index (χ2n) is 10.4. The largest absolute Gasteiger partial charge is 0.393 e. The summed E-state index contributed by atoms with van der Waals surface area (Å²) in [5.41, 5.74) is 2.77. The van der Waals surface area contributed by atoms with Gasteiger partial charge in [0.2, 0.25) is 0 Å². The van der Waals surface area contributed by atoms with Gasteiger partial charge in [-0.05, 0) is 95.8 Å². The smallest absolute Gasteiger partial charge is 0.0602 e. The molecule has 3 nitrogen and oxygen atoms in total. The number of hydrogen-bond donors (Lipinski definition) is 3. The molecule has 1 spiro atoms. The Morgan fingerprint density at radius 3 is 2.48 bits per heavy atom. The number of rotatable bonds is 5. The summed E-state index contributed by atoms with van der Waals surface area (Å²) in [5.74, 6) is 0.841. The molecule has 154 valence electrons. The van der Waals surface area contributed by atoms with E-state index in [1.165, 1.54) is 56.9 Å². The Bertz CT molecular complexity index is 544. The van der Waals surface area contributed by atoms with E-state index in [2.05, 4.69) is 12.2 Å². The molecule has 0 amide bonds. The van der Waals surface area contributed by atoms with E-state index in [1.54, 1.807) is 5.57 Å². The fraction of sp³-hybridized carbons (Fsp3) is 0.833. The standard InChI is InChI=1S/C24H40O3/c1-23(2,27)10-3-5-19-9-12-24(17-19)11-4-6-18(16-24)7-8-20-13-21(25)15-22(26)14-20/h7-8,19,21-22,25-27H,3-6,9-17H2,1-2H3/b18-7-/t19-,21-,22-,24+/m1/s1. The van der Waals surface area contributed by atoms with Gasteiger partial charge in [0.1, 0.15) is 0 Å². The average Bonchev–Trinajstić information content (AvgIpc) is 2.93.